The molecule has 0 radical (unpaired) electrons. The molecule has 5 rings (SSSR count). The molecule has 0 spiro atoms. The zero-order chi connectivity index (χ0) is 22.6. The monoisotopic (exact) mass is 446 g/mol. The maximum Gasteiger partial charge on any atom is 0.237 e. The summed E-state index contributed by atoms with van der Waals surface area (Å²) in [6.45, 7) is 5.06. The Bertz CT molecular complexity index is 925. The lowest BCUT2D eigenvalue weighted by molar-refractivity contribution is -0.134. The first-order valence-corrected chi connectivity index (χ1v) is 12.8. The number of anilines is 1. The number of para-hydroxylation sites is 1. The van der Waals surface area contributed by atoms with E-state index in [2.05, 4.69) is 81.7 Å². The van der Waals surface area contributed by atoms with Crippen LogP contribution in [0.4, 0.5) is 5.69 Å². The molecule has 2 aromatic rings. The van der Waals surface area contributed by atoms with E-state index in [-0.39, 0.29) is 5.91 Å². The fourth-order valence-corrected chi connectivity index (χ4v) is 6.02. The van der Waals surface area contributed by atoms with Crippen LogP contribution in [0.5, 0.6) is 0 Å². The highest BCUT2D eigenvalue weighted by molar-refractivity contribution is 5.78. The third-order valence-corrected chi connectivity index (χ3v) is 8.16. The predicted octanol–water partition coefficient (Wildman–Crippen LogP) is 4.17. The summed E-state index contributed by atoms with van der Waals surface area (Å²) in [6.07, 6.45) is 5.86. The quantitative estimate of drug-likeness (QED) is 0.768. The summed E-state index contributed by atoms with van der Waals surface area (Å²) in [6, 6.07) is 20.4. The normalized spacial score (nSPS) is 25.2. The van der Waals surface area contributed by atoms with Crippen molar-refractivity contribution in [3.63, 3.8) is 0 Å². The fraction of sp³-hybridized carbons (Fsp3) is 0.536. The van der Waals surface area contributed by atoms with E-state index in [0.717, 1.165) is 45.4 Å². The summed E-state index contributed by atoms with van der Waals surface area (Å²) in [5.74, 6) is 0.899. The number of nitrogens with one attached hydrogen (secondary N) is 1. The van der Waals surface area contributed by atoms with Crippen LogP contribution in [-0.2, 0) is 11.3 Å². The zero-order valence-corrected chi connectivity index (χ0v) is 20.0. The molecule has 5 heteroatoms. The van der Waals surface area contributed by atoms with Gasteiger partial charge in [0.15, 0.2) is 0 Å². The molecule has 1 amide bonds. The number of benzene rings is 2. The minimum atomic E-state index is 0.277. The number of nitrogens with zero attached hydrogens (tertiary/aromatic N) is 3. The molecule has 3 aliphatic heterocycles. The molecule has 176 valence electrons. The molecular weight excluding hydrogens is 408 g/mol. The summed E-state index contributed by atoms with van der Waals surface area (Å²) < 4.78 is 0. The van der Waals surface area contributed by atoms with E-state index in [1.807, 2.05) is 0 Å². The van der Waals surface area contributed by atoms with E-state index in [9.17, 15) is 4.79 Å². The van der Waals surface area contributed by atoms with Crippen LogP contribution in [-0.4, -0.2) is 72.5 Å². The van der Waals surface area contributed by atoms with Gasteiger partial charge < -0.3 is 10.2 Å². The average Bonchev–Trinajstić information content (AvgIpc) is 3.18. The van der Waals surface area contributed by atoms with Gasteiger partial charge in [0, 0.05) is 37.4 Å². The Labute approximate surface area is 198 Å². The Morgan fingerprint density at radius 2 is 1.64 bits per heavy atom. The topological polar surface area (TPSA) is 38.8 Å². The molecule has 0 saturated carbocycles. The number of likely N-dealkylation sites (N-methyl/N-ethyl adjacent to an activating group) is 1. The Kier molecular flexibility index (Phi) is 6.98. The molecule has 3 aliphatic rings. The third kappa shape index (κ3) is 5.25. The van der Waals surface area contributed by atoms with Gasteiger partial charge in [0.05, 0.1) is 6.54 Å². The van der Waals surface area contributed by atoms with Crippen molar-refractivity contribution in [1.82, 2.24) is 14.7 Å². The van der Waals surface area contributed by atoms with E-state index < -0.39 is 0 Å². The summed E-state index contributed by atoms with van der Waals surface area (Å²) in [5.41, 5.74) is 3.85. The molecule has 5 nitrogen and oxygen atoms in total. The summed E-state index contributed by atoms with van der Waals surface area (Å²) in [4.78, 5) is 20.6. The summed E-state index contributed by atoms with van der Waals surface area (Å²) in [5, 5.41) is 3.65. The number of fused-ring (bicyclic) bond motifs is 3. The minimum Gasteiger partial charge on any atom is -0.385 e. The van der Waals surface area contributed by atoms with Crippen molar-refractivity contribution < 1.29 is 4.79 Å². The average molecular weight is 447 g/mol. The molecule has 0 unspecified atom stereocenters. The standard InChI is InChI=1S/C28H38N4O/c1-30-25-11-12-26(30)20-32(19-24-9-5-6-10-27(24)29-16-13-25)28(33)21-31-17-14-23(15-18-31)22-7-3-2-4-8-22/h2-10,23,25-26,29H,11-21H2,1H3/t25-,26+/m0/s1. The van der Waals surface area contributed by atoms with Crippen LogP contribution >= 0.6 is 0 Å². The van der Waals surface area contributed by atoms with E-state index >= 15 is 0 Å². The van der Waals surface area contributed by atoms with Crippen molar-refractivity contribution in [1.29, 1.82) is 0 Å². The van der Waals surface area contributed by atoms with Crippen molar-refractivity contribution in [2.45, 2.75) is 56.7 Å². The van der Waals surface area contributed by atoms with Gasteiger partial charge in [0.1, 0.15) is 0 Å². The number of likely N-dealkylation sites (tertiary alicyclic amines) is 1. The molecule has 33 heavy (non-hydrogen) atoms. The molecule has 2 saturated heterocycles. The lowest BCUT2D eigenvalue weighted by atomic mass is 9.89. The predicted molar refractivity (Wildman–Crippen MR) is 134 cm³/mol. The van der Waals surface area contributed by atoms with Crippen LogP contribution in [0.3, 0.4) is 0 Å². The molecule has 0 aliphatic carbocycles. The fourth-order valence-electron chi connectivity index (χ4n) is 6.02. The van der Waals surface area contributed by atoms with Gasteiger partial charge in [-0.05, 0) is 75.4 Å². The minimum absolute atomic E-state index is 0.277. The Morgan fingerprint density at radius 3 is 2.45 bits per heavy atom. The molecule has 1 N–H and O–H groups in total. The summed E-state index contributed by atoms with van der Waals surface area (Å²) >= 11 is 0. The maximum absolute atomic E-state index is 13.6. The molecular formula is C28H38N4O. The molecule has 2 aromatic carbocycles. The number of piperidine rings is 1. The first-order chi connectivity index (χ1) is 16.2. The second kappa shape index (κ2) is 10.3. The maximum atomic E-state index is 13.6. The molecule has 3 heterocycles. The largest absolute Gasteiger partial charge is 0.385 e. The molecule has 0 aromatic heterocycles. The number of rotatable bonds is 3. The number of hydrogen-bond donors (Lipinski definition) is 1. The first-order valence-electron chi connectivity index (χ1n) is 12.8. The van der Waals surface area contributed by atoms with Crippen molar-refractivity contribution in [3.05, 3.63) is 65.7 Å². The Morgan fingerprint density at radius 1 is 0.909 bits per heavy atom. The van der Waals surface area contributed by atoms with Crippen LogP contribution < -0.4 is 5.32 Å². The molecule has 2 atom stereocenters. The number of carbonyl (C=O) groups excluding carboxylic acids is 1. The van der Waals surface area contributed by atoms with Crippen LogP contribution in [0.1, 0.15) is 49.1 Å². The summed E-state index contributed by atoms with van der Waals surface area (Å²) in [7, 11) is 2.25. The highest BCUT2D eigenvalue weighted by atomic mass is 16.2. The van der Waals surface area contributed by atoms with Gasteiger partial charge in [0.2, 0.25) is 5.91 Å². The lowest BCUT2D eigenvalue weighted by Crippen LogP contribution is -2.47. The lowest BCUT2D eigenvalue weighted by Gasteiger charge is -2.35. The van der Waals surface area contributed by atoms with Gasteiger partial charge in [-0.3, -0.25) is 14.6 Å². The van der Waals surface area contributed by atoms with Crippen molar-refractivity contribution >= 4 is 11.6 Å². The number of carbonyl (C=O) groups is 1. The molecule has 2 bridgehead atoms. The van der Waals surface area contributed by atoms with Gasteiger partial charge in [0.25, 0.3) is 0 Å². The van der Waals surface area contributed by atoms with Crippen molar-refractivity contribution in [3.8, 4) is 0 Å². The van der Waals surface area contributed by atoms with E-state index in [1.54, 1.807) is 0 Å². The van der Waals surface area contributed by atoms with Gasteiger partial charge in [-0.15, -0.1) is 0 Å². The third-order valence-electron chi connectivity index (χ3n) is 8.16. The van der Waals surface area contributed by atoms with Crippen molar-refractivity contribution in [2.24, 2.45) is 0 Å². The smallest absolute Gasteiger partial charge is 0.237 e. The van der Waals surface area contributed by atoms with Crippen LogP contribution in [0.15, 0.2) is 54.6 Å². The van der Waals surface area contributed by atoms with Gasteiger partial charge in [-0.1, -0.05) is 48.5 Å². The van der Waals surface area contributed by atoms with Crippen molar-refractivity contribution in [2.75, 3.05) is 45.1 Å². The van der Waals surface area contributed by atoms with Gasteiger partial charge >= 0.3 is 0 Å². The number of amides is 1. The van der Waals surface area contributed by atoms with E-state index in [0.29, 0.717) is 31.1 Å². The zero-order valence-electron chi connectivity index (χ0n) is 20.0. The Balaban J connectivity index is 1.26. The second-order valence-electron chi connectivity index (χ2n) is 10.2. The van der Waals surface area contributed by atoms with E-state index in [1.165, 1.54) is 29.7 Å². The van der Waals surface area contributed by atoms with E-state index in [4.69, 9.17) is 0 Å². The van der Waals surface area contributed by atoms with Crippen LogP contribution in [0, 0.1) is 0 Å². The van der Waals surface area contributed by atoms with Crippen LogP contribution in [0.25, 0.3) is 0 Å². The Hall–Kier alpha value is -2.37. The van der Waals surface area contributed by atoms with Gasteiger partial charge in [-0.25, -0.2) is 0 Å². The highest BCUT2D eigenvalue weighted by Gasteiger charge is 2.33. The number of hydrogen-bond acceptors (Lipinski definition) is 4. The molecule has 2 fully saturated rings. The van der Waals surface area contributed by atoms with Crippen LogP contribution in [0.2, 0.25) is 0 Å². The SMILES string of the molecule is CN1[C@@H]2CCNc3ccccc3CN(C(=O)CN3CCC(c4ccccc4)CC3)C[C@H]1CC2. The first kappa shape index (κ1) is 22.4. The van der Waals surface area contributed by atoms with Gasteiger partial charge in [-0.2, -0.15) is 0 Å². The second-order valence-corrected chi connectivity index (χ2v) is 10.2. The highest BCUT2D eigenvalue weighted by Crippen LogP contribution is 2.29.